The molecule has 46 heavy (non-hydrogen) atoms. The Labute approximate surface area is 290 Å². The molecule has 0 saturated carbocycles. The Bertz CT molecular complexity index is 2110. The van der Waals surface area contributed by atoms with Gasteiger partial charge in [0.15, 0.2) is 0 Å². The molecule has 0 spiro atoms. The van der Waals surface area contributed by atoms with Crippen LogP contribution in [-0.2, 0) is 6.54 Å². The van der Waals surface area contributed by atoms with E-state index in [1.807, 2.05) is 46.6 Å². The number of hydrogen-bond acceptors (Lipinski definition) is 5. The fourth-order valence-corrected chi connectivity index (χ4v) is 11.1. The van der Waals surface area contributed by atoms with Gasteiger partial charge in [-0.05, 0) is 85.4 Å². The van der Waals surface area contributed by atoms with Crippen LogP contribution < -0.4 is 9.47 Å². The van der Waals surface area contributed by atoms with Gasteiger partial charge in [-0.1, -0.05) is 97.6 Å². The minimum Gasteiger partial charge on any atom is -0.335 e. The van der Waals surface area contributed by atoms with Gasteiger partial charge in [-0.3, -0.25) is 0 Å². The molecular weight excluding hydrogens is 637 g/mol. The van der Waals surface area contributed by atoms with E-state index in [2.05, 4.69) is 141 Å². The highest BCUT2D eigenvalue weighted by Crippen LogP contribution is 2.52. The van der Waals surface area contributed by atoms with Gasteiger partial charge in [-0.2, -0.15) is 4.57 Å². The van der Waals surface area contributed by atoms with Crippen molar-refractivity contribution in [2.24, 2.45) is 5.41 Å². The van der Waals surface area contributed by atoms with E-state index >= 15 is 0 Å². The lowest BCUT2D eigenvalue weighted by atomic mass is 9.75. The quantitative estimate of drug-likeness (QED) is 0.125. The molecular formula is C40H41N2S4+. The van der Waals surface area contributed by atoms with Crippen molar-refractivity contribution in [3.63, 3.8) is 0 Å². The average molecular weight is 678 g/mol. The monoisotopic (exact) mass is 677 g/mol. The highest BCUT2D eigenvalue weighted by molar-refractivity contribution is 8.04. The summed E-state index contributed by atoms with van der Waals surface area (Å²) in [6, 6.07) is 22.5. The van der Waals surface area contributed by atoms with Gasteiger partial charge in [0.2, 0.25) is 5.52 Å². The molecule has 0 amide bonds. The van der Waals surface area contributed by atoms with E-state index in [0.717, 1.165) is 25.9 Å². The van der Waals surface area contributed by atoms with Crippen LogP contribution in [0.5, 0.6) is 0 Å². The molecule has 1 aromatic heterocycles. The Kier molecular flexibility index (Phi) is 8.92. The topological polar surface area (TPSA) is 7.12 Å². The molecule has 0 unspecified atom stereocenters. The summed E-state index contributed by atoms with van der Waals surface area (Å²) in [7, 11) is 0. The first-order chi connectivity index (χ1) is 22.3. The first kappa shape index (κ1) is 31.7. The largest absolute Gasteiger partial charge is 0.335 e. The Morgan fingerprint density at radius 3 is 2.26 bits per heavy atom. The summed E-state index contributed by atoms with van der Waals surface area (Å²) in [4.78, 5) is 6.60. The zero-order chi connectivity index (χ0) is 32.0. The highest BCUT2D eigenvalue weighted by Gasteiger charge is 2.30. The summed E-state index contributed by atoms with van der Waals surface area (Å²) >= 11 is 7.51. The number of benzene rings is 4. The predicted molar refractivity (Wildman–Crippen MR) is 208 cm³/mol. The number of aromatic nitrogens is 1. The summed E-state index contributed by atoms with van der Waals surface area (Å²) in [6.45, 7) is 11.3. The van der Waals surface area contributed by atoms with Gasteiger partial charge in [-0.25, -0.2) is 0 Å². The number of fused-ring (bicyclic) bond motifs is 6. The molecule has 0 N–H and O–H groups in total. The van der Waals surface area contributed by atoms with Crippen LogP contribution in [0.2, 0.25) is 0 Å². The fraction of sp³-hybridized carbons (Fsp3) is 0.275. The second-order valence-corrected chi connectivity index (χ2v) is 16.6. The molecule has 0 fully saturated rings. The van der Waals surface area contributed by atoms with Crippen molar-refractivity contribution in [1.82, 2.24) is 0 Å². The number of nitrogens with zero attached hydrogens (tertiary/aromatic N) is 2. The molecule has 2 heterocycles. The summed E-state index contributed by atoms with van der Waals surface area (Å²) < 4.78 is 3.84. The van der Waals surface area contributed by atoms with E-state index in [1.165, 1.54) is 73.3 Å². The van der Waals surface area contributed by atoms with Crippen LogP contribution >= 0.6 is 46.6 Å². The van der Waals surface area contributed by atoms with Crippen molar-refractivity contribution in [1.29, 1.82) is 0 Å². The van der Waals surface area contributed by atoms with Crippen molar-refractivity contribution < 1.29 is 4.57 Å². The van der Waals surface area contributed by atoms with E-state index in [9.17, 15) is 0 Å². The third-order valence-electron chi connectivity index (χ3n) is 9.05. The number of thiazole rings is 1. The molecule has 1 aliphatic carbocycles. The van der Waals surface area contributed by atoms with E-state index in [-0.39, 0.29) is 5.41 Å². The van der Waals surface area contributed by atoms with Gasteiger partial charge in [0.25, 0.3) is 5.01 Å². The molecule has 5 aromatic rings. The molecule has 4 aromatic carbocycles. The van der Waals surface area contributed by atoms with Gasteiger partial charge >= 0.3 is 0 Å². The Hall–Kier alpha value is -2.90. The van der Waals surface area contributed by atoms with Crippen LogP contribution in [0.3, 0.4) is 0 Å². The van der Waals surface area contributed by atoms with E-state index in [0.29, 0.717) is 0 Å². The molecule has 0 saturated heterocycles. The first-order valence-corrected chi connectivity index (χ1v) is 20.2. The molecule has 7 rings (SSSR count). The average Bonchev–Trinajstić information content (AvgIpc) is 3.59. The van der Waals surface area contributed by atoms with Crippen LogP contribution in [0.25, 0.3) is 37.8 Å². The normalized spacial score (nSPS) is 18.1. The van der Waals surface area contributed by atoms with Crippen molar-refractivity contribution in [3.8, 4) is 0 Å². The smallest absolute Gasteiger partial charge is 0.262 e. The SMILES string of the molecule is CCN1C(=CC2=CC(=CC=Cc3sc4cc(SC)c5ccccc5c4[n+]3CC)CC(C)(C)C2)Sc2cc(SC)c3ccccc3c21. The summed E-state index contributed by atoms with van der Waals surface area (Å²) in [6.07, 6.45) is 18.4. The minimum absolute atomic E-state index is 0.209. The van der Waals surface area contributed by atoms with Crippen molar-refractivity contribution in [2.45, 2.75) is 61.8 Å². The lowest BCUT2D eigenvalue weighted by Crippen LogP contribution is -2.33. The predicted octanol–water partition coefficient (Wildman–Crippen LogP) is 12.1. The number of aryl methyl sites for hydroxylation is 1. The van der Waals surface area contributed by atoms with E-state index < -0.39 is 0 Å². The second-order valence-electron chi connectivity index (χ2n) is 12.8. The van der Waals surface area contributed by atoms with Gasteiger partial charge in [0, 0.05) is 38.1 Å². The van der Waals surface area contributed by atoms with E-state index in [4.69, 9.17) is 0 Å². The third-order valence-corrected chi connectivity index (χ3v) is 12.8. The van der Waals surface area contributed by atoms with Crippen LogP contribution in [0.4, 0.5) is 5.69 Å². The zero-order valence-electron chi connectivity index (χ0n) is 27.5. The number of allylic oxidation sites excluding steroid dienone is 6. The number of thioether (sulfide) groups is 3. The molecule has 234 valence electrons. The lowest BCUT2D eigenvalue weighted by molar-refractivity contribution is -0.664. The second kappa shape index (κ2) is 13.0. The van der Waals surface area contributed by atoms with Crippen molar-refractivity contribution in [3.05, 3.63) is 106 Å². The molecule has 6 heteroatoms. The number of hydrogen-bond donors (Lipinski definition) is 0. The molecule has 0 bridgehead atoms. The summed E-state index contributed by atoms with van der Waals surface area (Å²) in [5.41, 5.74) is 5.75. The molecule has 0 atom stereocenters. The maximum atomic E-state index is 2.52. The van der Waals surface area contributed by atoms with Crippen LogP contribution in [0.1, 0.15) is 45.5 Å². The Balaban J connectivity index is 1.23. The summed E-state index contributed by atoms with van der Waals surface area (Å²) in [5, 5.41) is 8.04. The third kappa shape index (κ3) is 5.76. The fourth-order valence-electron chi connectivity index (χ4n) is 7.19. The lowest BCUT2D eigenvalue weighted by Gasteiger charge is -2.31. The van der Waals surface area contributed by atoms with Gasteiger partial charge in [0.05, 0.1) is 16.1 Å². The zero-order valence-corrected chi connectivity index (χ0v) is 30.8. The maximum absolute atomic E-state index is 2.52. The van der Waals surface area contributed by atoms with Crippen LogP contribution in [-0.4, -0.2) is 19.1 Å². The van der Waals surface area contributed by atoms with E-state index in [1.54, 1.807) is 0 Å². The molecule has 2 aliphatic rings. The van der Waals surface area contributed by atoms with Gasteiger partial charge in [-0.15, -0.1) is 23.5 Å². The molecule has 1 aliphatic heterocycles. The highest BCUT2D eigenvalue weighted by atomic mass is 32.2. The van der Waals surface area contributed by atoms with Crippen LogP contribution in [0, 0.1) is 5.41 Å². The first-order valence-electron chi connectivity index (χ1n) is 16.1. The molecule has 0 radical (unpaired) electrons. The maximum Gasteiger partial charge on any atom is 0.262 e. The Morgan fingerprint density at radius 2 is 1.57 bits per heavy atom. The number of rotatable bonds is 7. The van der Waals surface area contributed by atoms with Crippen molar-refractivity contribution >= 4 is 90.1 Å². The van der Waals surface area contributed by atoms with Crippen LogP contribution in [0.15, 0.2) is 116 Å². The minimum atomic E-state index is 0.209. The number of anilines is 1. The molecule has 2 nitrogen and oxygen atoms in total. The van der Waals surface area contributed by atoms with Crippen molar-refractivity contribution in [2.75, 3.05) is 24.0 Å². The standard InChI is InChI=1S/C40H41N2S4/c1-7-41-36(45-34-22-32(43-5)28-15-9-11-17-30(28)38(34)41)19-13-14-26-20-27(25-40(3,4)24-26)21-37-42(8-2)39-31-18-12-10-16-29(31)33(44-6)23-35(39)46-37/h9-23H,7-8,24-25H2,1-6H3/q+1. The summed E-state index contributed by atoms with van der Waals surface area (Å²) in [5.74, 6) is 0. The van der Waals surface area contributed by atoms with Gasteiger partial charge < -0.3 is 4.90 Å². The van der Waals surface area contributed by atoms with Gasteiger partial charge in [0.1, 0.15) is 11.2 Å². The Morgan fingerprint density at radius 1 is 0.891 bits per heavy atom.